The van der Waals surface area contributed by atoms with Crippen LogP contribution in [0, 0.1) is 5.92 Å². The Kier molecular flexibility index (Phi) is 4.39. The lowest BCUT2D eigenvalue weighted by Crippen LogP contribution is -2.37. The number of carbonyl (C=O) groups excluding carboxylic acids is 1. The summed E-state index contributed by atoms with van der Waals surface area (Å²) in [5, 5.41) is 14.8. The Labute approximate surface area is 112 Å². The summed E-state index contributed by atoms with van der Waals surface area (Å²) in [6.45, 7) is 0.207. The highest BCUT2D eigenvalue weighted by Gasteiger charge is 2.30. The Morgan fingerprint density at radius 2 is 1.95 bits per heavy atom. The van der Waals surface area contributed by atoms with Gasteiger partial charge in [0.15, 0.2) is 0 Å². The van der Waals surface area contributed by atoms with Crippen LogP contribution in [0.3, 0.4) is 0 Å². The van der Waals surface area contributed by atoms with Crippen LogP contribution in [-0.2, 0) is 9.59 Å². The molecular weight excluding hydrogens is 244 g/mol. The van der Waals surface area contributed by atoms with E-state index in [1.165, 1.54) is 0 Å². The number of rotatable bonds is 5. The predicted octanol–water partition coefficient (Wildman–Crippen LogP) is 1.47. The summed E-state index contributed by atoms with van der Waals surface area (Å²) in [4.78, 5) is 22.5. The minimum absolute atomic E-state index is 0.00817. The van der Waals surface area contributed by atoms with Gasteiger partial charge in [0.1, 0.15) is 0 Å². The lowest BCUT2D eigenvalue weighted by atomic mass is 10.1. The van der Waals surface area contributed by atoms with E-state index in [1.807, 2.05) is 30.3 Å². The average Bonchev–Trinajstić information content (AvgIpc) is 2.86. The zero-order valence-electron chi connectivity index (χ0n) is 10.6. The third kappa shape index (κ3) is 3.98. The maximum absolute atomic E-state index is 11.7. The van der Waals surface area contributed by atoms with Gasteiger partial charge in [0.25, 0.3) is 0 Å². The molecule has 1 aromatic rings. The lowest BCUT2D eigenvalue weighted by Gasteiger charge is -2.13. The fraction of sp³-hybridized carbons (Fsp3) is 0.429. The van der Waals surface area contributed by atoms with E-state index in [1.54, 1.807) is 0 Å². The molecular formula is C14H18N2O3. The summed E-state index contributed by atoms with van der Waals surface area (Å²) in [6.07, 6.45) is 1.92. The fourth-order valence-corrected chi connectivity index (χ4v) is 2.35. The number of carboxylic acids is 1. The Morgan fingerprint density at radius 1 is 1.21 bits per heavy atom. The minimum Gasteiger partial charge on any atom is -0.481 e. The first-order valence-corrected chi connectivity index (χ1v) is 6.46. The Bertz CT molecular complexity index is 447. The molecule has 0 unspecified atom stereocenters. The largest absolute Gasteiger partial charge is 0.481 e. The van der Waals surface area contributed by atoms with Crippen molar-refractivity contribution in [3.8, 4) is 0 Å². The first-order chi connectivity index (χ1) is 9.15. The molecule has 0 bridgehead atoms. The number of anilines is 1. The molecule has 2 rings (SSSR count). The van der Waals surface area contributed by atoms with Gasteiger partial charge >= 0.3 is 5.97 Å². The molecule has 1 aromatic carbocycles. The highest BCUT2D eigenvalue weighted by Crippen LogP contribution is 2.25. The molecule has 3 N–H and O–H groups in total. The molecule has 0 heterocycles. The van der Waals surface area contributed by atoms with Crippen molar-refractivity contribution in [1.82, 2.24) is 5.32 Å². The number of carboxylic acid groups (broad SMARTS) is 1. The summed E-state index contributed by atoms with van der Waals surface area (Å²) in [7, 11) is 0. The van der Waals surface area contributed by atoms with Gasteiger partial charge in [0.05, 0.1) is 12.5 Å². The van der Waals surface area contributed by atoms with Gasteiger partial charge in [-0.25, -0.2) is 0 Å². The number of hydrogen-bond acceptors (Lipinski definition) is 3. The topological polar surface area (TPSA) is 78.4 Å². The van der Waals surface area contributed by atoms with Crippen molar-refractivity contribution >= 4 is 17.6 Å². The molecule has 5 heteroatoms. The molecule has 1 aliphatic carbocycles. The first kappa shape index (κ1) is 13.4. The molecule has 0 spiro atoms. The van der Waals surface area contributed by atoms with Crippen molar-refractivity contribution in [3.63, 3.8) is 0 Å². The van der Waals surface area contributed by atoms with Gasteiger partial charge in [-0.1, -0.05) is 18.2 Å². The van der Waals surface area contributed by atoms with Crippen LogP contribution in [0.25, 0.3) is 0 Å². The number of aliphatic carboxylic acids is 1. The normalized spacial score (nSPS) is 21.9. The van der Waals surface area contributed by atoms with Gasteiger partial charge in [-0.3, -0.25) is 9.59 Å². The molecule has 2 atom stereocenters. The second-order valence-electron chi connectivity index (χ2n) is 4.83. The van der Waals surface area contributed by atoms with E-state index in [0.29, 0.717) is 12.8 Å². The number of nitrogens with one attached hydrogen (secondary N) is 2. The molecule has 19 heavy (non-hydrogen) atoms. The van der Waals surface area contributed by atoms with Crippen LogP contribution >= 0.6 is 0 Å². The number of benzene rings is 1. The van der Waals surface area contributed by atoms with Crippen molar-refractivity contribution in [1.29, 1.82) is 0 Å². The van der Waals surface area contributed by atoms with Crippen LogP contribution in [0.15, 0.2) is 30.3 Å². The molecule has 0 saturated heterocycles. The van der Waals surface area contributed by atoms with Crippen LogP contribution in [0.1, 0.15) is 19.3 Å². The van der Waals surface area contributed by atoms with Crippen molar-refractivity contribution < 1.29 is 14.7 Å². The Hall–Kier alpha value is -2.04. The second-order valence-corrected chi connectivity index (χ2v) is 4.83. The molecule has 102 valence electrons. The average molecular weight is 262 g/mol. The van der Waals surface area contributed by atoms with E-state index < -0.39 is 5.97 Å². The van der Waals surface area contributed by atoms with Crippen LogP contribution in [0.4, 0.5) is 5.69 Å². The maximum atomic E-state index is 11.7. The SMILES string of the molecule is O=C(CNc1ccccc1)N[C@H]1CC[C@@H](C(=O)O)C1. The highest BCUT2D eigenvalue weighted by molar-refractivity contribution is 5.81. The summed E-state index contributed by atoms with van der Waals surface area (Å²) < 4.78 is 0. The van der Waals surface area contributed by atoms with Crippen molar-refractivity contribution in [2.45, 2.75) is 25.3 Å². The van der Waals surface area contributed by atoms with Crippen LogP contribution in [0.5, 0.6) is 0 Å². The van der Waals surface area contributed by atoms with Gasteiger partial charge in [0, 0.05) is 11.7 Å². The zero-order chi connectivity index (χ0) is 13.7. The minimum atomic E-state index is -0.765. The standard InChI is InChI=1S/C14H18N2O3/c17-13(9-15-11-4-2-1-3-5-11)16-12-7-6-10(8-12)14(18)19/h1-5,10,12,15H,6-9H2,(H,16,17)(H,18,19)/t10-,12+/m1/s1. The molecule has 0 radical (unpaired) electrons. The molecule has 1 saturated carbocycles. The molecule has 5 nitrogen and oxygen atoms in total. The first-order valence-electron chi connectivity index (χ1n) is 6.46. The second kappa shape index (κ2) is 6.22. The van der Waals surface area contributed by atoms with Gasteiger partial charge in [-0.15, -0.1) is 0 Å². The number of para-hydroxylation sites is 1. The molecule has 0 aromatic heterocycles. The maximum Gasteiger partial charge on any atom is 0.306 e. The fourth-order valence-electron chi connectivity index (χ4n) is 2.35. The number of amides is 1. The van der Waals surface area contributed by atoms with Crippen molar-refractivity contribution in [3.05, 3.63) is 30.3 Å². The number of carbonyl (C=O) groups is 2. The third-order valence-electron chi connectivity index (χ3n) is 3.37. The van der Waals surface area contributed by atoms with Crippen LogP contribution in [-0.4, -0.2) is 29.6 Å². The molecule has 0 aliphatic heterocycles. The third-order valence-corrected chi connectivity index (χ3v) is 3.37. The van der Waals surface area contributed by atoms with Crippen molar-refractivity contribution in [2.75, 3.05) is 11.9 Å². The van der Waals surface area contributed by atoms with Gasteiger partial charge < -0.3 is 15.7 Å². The summed E-state index contributed by atoms with van der Waals surface area (Å²) in [6, 6.07) is 9.48. The van der Waals surface area contributed by atoms with Crippen LogP contribution in [0.2, 0.25) is 0 Å². The molecule has 1 aliphatic rings. The van der Waals surface area contributed by atoms with E-state index in [0.717, 1.165) is 12.1 Å². The summed E-state index contributed by atoms with van der Waals surface area (Å²) in [5.74, 6) is -1.17. The van der Waals surface area contributed by atoms with Crippen LogP contribution < -0.4 is 10.6 Å². The van der Waals surface area contributed by atoms with E-state index >= 15 is 0 Å². The zero-order valence-corrected chi connectivity index (χ0v) is 10.6. The Morgan fingerprint density at radius 3 is 2.58 bits per heavy atom. The van der Waals surface area contributed by atoms with Crippen molar-refractivity contribution in [2.24, 2.45) is 5.92 Å². The molecule has 1 amide bonds. The van der Waals surface area contributed by atoms with Gasteiger partial charge in [0.2, 0.25) is 5.91 Å². The van der Waals surface area contributed by atoms with E-state index in [-0.39, 0.29) is 24.4 Å². The smallest absolute Gasteiger partial charge is 0.306 e. The van der Waals surface area contributed by atoms with Gasteiger partial charge in [-0.05, 0) is 31.4 Å². The van der Waals surface area contributed by atoms with Gasteiger partial charge in [-0.2, -0.15) is 0 Å². The highest BCUT2D eigenvalue weighted by atomic mass is 16.4. The Balaban J connectivity index is 1.72. The monoisotopic (exact) mass is 262 g/mol. The summed E-state index contributed by atoms with van der Waals surface area (Å²) >= 11 is 0. The van der Waals surface area contributed by atoms with E-state index in [4.69, 9.17) is 5.11 Å². The predicted molar refractivity (Wildman–Crippen MR) is 71.8 cm³/mol. The van der Waals surface area contributed by atoms with E-state index in [2.05, 4.69) is 10.6 Å². The number of hydrogen-bond donors (Lipinski definition) is 3. The van der Waals surface area contributed by atoms with E-state index in [9.17, 15) is 9.59 Å². The quantitative estimate of drug-likeness (QED) is 0.751. The lowest BCUT2D eigenvalue weighted by molar-refractivity contribution is -0.141. The molecule has 1 fully saturated rings. The summed E-state index contributed by atoms with van der Waals surface area (Å²) in [5.41, 5.74) is 0.896.